The fraction of sp³-hybridized carbons (Fsp3) is 0.667. The van der Waals surface area contributed by atoms with Crippen LogP contribution in [-0.4, -0.2) is 57.9 Å². The molecular weight excluding hydrogens is 326 g/mol. The summed E-state index contributed by atoms with van der Waals surface area (Å²) in [7, 11) is 3.80. The normalized spacial score (nSPS) is 18.5. The molecule has 2 aliphatic rings. The highest BCUT2D eigenvalue weighted by Crippen LogP contribution is 2.48. The molecule has 1 aromatic rings. The molecule has 0 aliphatic heterocycles. The standard InChI is InChI=1S/C21H33N3O2/c1-4-22-20(24(2)13-14-26-15-17-5-6-17)23-16-21(11-12-21)18-7-9-19(25-3)10-8-18/h7-10,17H,4-6,11-16H2,1-3H3,(H,22,23). The molecular formula is C21H33N3O2. The Balaban J connectivity index is 1.54. The lowest BCUT2D eigenvalue weighted by Gasteiger charge is -2.23. The summed E-state index contributed by atoms with van der Waals surface area (Å²) in [4.78, 5) is 7.12. The zero-order valence-corrected chi connectivity index (χ0v) is 16.5. The Hall–Kier alpha value is -1.75. The lowest BCUT2D eigenvalue weighted by Crippen LogP contribution is -2.41. The van der Waals surface area contributed by atoms with E-state index in [4.69, 9.17) is 14.5 Å². The Morgan fingerprint density at radius 2 is 2.00 bits per heavy atom. The van der Waals surface area contributed by atoms with Crippen molar-refractivity contribution in [3.8, 4) is 5.75 Å². The molecule has 26 heavy (non-hydrogen) atoms. The highest BCUT2D eigenvalue weighted by atomic mass is 16.5. The minimum absolute atomic E-state index is 0.205. The van der Waals surface area contributed by atoms with E-state index in [1.54, 1.807) is 7.11 Å². The van der Waals surface area contributed by atoms with Crippen molar-refractivity contribution < 1.29 is 9.47 Å². The van der Waals surface area contributed by atoms with Gasteiger partial charge >= 0.3 is 0 Å². The molecule has 0 saturated heterocycles. The summed E-state index contributed by atoms with van der Waals surface area (Å²) in [6.45, 7) is 6.37. The van der Waals surface area contributed by atoms with Crippen molar-refractivity contribution in [1.29, 1.82) is 0 Å². The van der Waals surface area contributed by atoms with Crippen molar-refractivity contribution in [2.24, 2.45) is 10.9 Å². The van der Waals surface area contributed by atoms with Gasteiger partial charge in [-0.05, 0) is 56.2 Å². The maximum absolute atomic E-state index is 5.77. The molecule has 1 aromatic carbocycles. The SMILES string of the molecule is CCNC(=NCC1(c2ccc(OC)cc2)CC1)N(C)CCOCC1CC1. The van der Waals surface area contributed by atoms with E-state index < -0.39 is 0 Å². The van der Waals surface area contributed by atoms with Crippen LogP contribution >= 0.6 is 0 Å². The molecule has 2 fully saturated rings. The number of ether oxygens (including phenoxy) is 2. The zero-order valence-electron chi connectivity index (χ0n) is 16.5. The number of rotatable bonds is 10. The van der Waals surface area contributed by atoms with Gasteiger partial charge < -0.3 is 19.7 Å². The van der Waals surface area contributed by atoms with E-state index in [1.807, 2.05) is 12.1 Å². The van der Waals surface area contributed by atoms with Crippen LogP contribution in [0.2, 0.25) is 0 Å². The third-order valence-electron chi connectivity index (χ3n) is 5.41. The highest BCUT2D eigenvalue weighted by molar-refractivity contribution is 5.79. The van der Waals surface area contributed by atoms with Gasteiger partial charge in [0, 0.05) is 32.2 Å². The van der Waals surface area contributed by atoms with Crippen LogP contribution in [-0.2, 0) is 10.2 Å². The number of hydrogen-bond donors (Lipinski definition) is 1. The van der Waals surface area contributed by atoms with Crippen LogP contribution in [0, 0.1) is 5.92 Å². The molecule has 3 rings (SSSR count). The van der Waals surface area contributed by atoms with Crippen molar-refractivity contribution in [2.75, 3.05) is 47.0 Å². The Labute approximate surface area is 157 Å². The summed E-state index contributed by atoms with van der Waals surface area (Å²) < 4.78 is 11.0. The van der Waals surface area contributed by atoms with Crippen LogP contribution < -0.4 is 10.1 Å². The number of benzene rings is 1. The molecule has 0 bridgehead atoms. The second kappa shape index (κ2) is 8.76. The summed E-state index contributed by atoms with van der Waals surface area (Å²) in [5.74, 6) is 2.70. The first-order valence-corrected chi connectivity index (χ1v) is 9.88. The zero-order chi connectivity index (χ0) is 18.4. The number of guanidine groups is 1. The Kier molecular flexibility index (Phi) is 6.41. The second-order valence-corrected chi connectivity index (χ2v) is 7.62. The minimum atomic E-state index is 0.205. The van der Waals surface area contributed by atoms with E-state index in [0.717, 1.165) is 50.5 Å². The average molecular weight is 360 g/mol. The lowest BCUT2D eigenvalue weighted by atomic mass is 9.96. The first-order valence-electron chi connectivity index (χ1n) is 9.88. The summed E-state index contributed by atoms with van der Waals surface area (Å²) in [6.07, 6.45) is 5.09. The van der Waals surface area contributed by atoms with Crippen LogP contribution in [0.25, 0.3) is 0 Å². The van der Waals surface area contributed by atoms with Crippen molar-refractivity contribution >= 4 is 5.96 Å². The molecule has 0 heterocycles. The summed E-state index contributed by atoms with van der Waals surface area (Å²) in [5.41, 5.74) is 1.57. The number of nitrogens with one attached hydrogen (secondary N) is 1. The predicted octanol–water partition coefficient (Wildman–Crippen LogP) is 3.05. The van der Waals surface area contributed by atoms with Gasteiger partial charge in [-0.25, -0.2) is 0 Å². The third kappa shape index (κ3) is 5.13. The molecule has 2 saturated carbocycles. The number of methoxy groups -OCH3 is 1. The van der Waals surface area contributed by atoms with E-state index >= 15 is 0 Å². The van der Waals surface area contributed by atoms with Gasteiger partial charge in [-0.2, -0.15) is 0 Å². The molecule has 0 amide bonds. The van der Waals surface area contributed by atoms with Gasteiger partial charge in [0.25, 0.3) is 0 Å². The number of likely N-dealkylation sites (N-methyl/N-ethyl adjacent to an activating group) is 1. The van der Waals surface area contributed by atoms with Crippen molar-refractivity contribution in [2.45, 2.75) is 38.0 Å². The van der Waals surface area contributed by atoms with Crippen molar-refractivity contribution in [3.63, 3.8) is 0 Å². The fourth-order valence-corrected chi connectivity index (χ4v) is 3.17. The average Bonchev–Trinajstić information content (AvgIpc) is 3.58. The Morgan fingerprint density at radius 3 is 2.58 bits per heavy atom. The quantitative estimate of drug-likeness (QED) is 0.396. The van der Waals surface area contributed by atoms with Gasteiger partial charge in [0.2, 0.25) is 0 Å². The van der Waals surface area contributed by atoms with E-state index in [-0.39, 0.29) is 5.41 Å². The first kappa shape index (κ1) is 19.0. The monoisotopic (exact) mass is 359 g/mol. The molecule has 0 aromatic heterocycles. The third-order valence-corrected chi connectivity index (χ3v) is 5.41. The maximum atomic E-state index is 5.77. The molecule has 1 N–H and O–H groups in total. The Bertz CT molecular complexity index is 592. The molecule has 2 aliphatic carbocycles. The maximum Gasteiger partial charge on any atom is 0.193 e. The number of hydrogen-bond acceptors (Lipinski definition) is 3. The second-order valence-electron chi connectivity index (χ2n) is 7.62. The molecule has 0 unspecified atom stereocenters. The summed E-state index contributed by atoms with van der Waals surface area (Å²) in [5, 5.41) is 3.41. The molecule has 0 atom stereocenters. The molecule has 5 nitrogen and oxygen atoms in total. The topological polar surface area (TPSA) is 46.1 Å². The van der Waals surface area contributed by atoms with Crippen LogP contribution in [0.3, 0.4) is 0 Å². The molecule has 5 heteroatoms. The van der Waals surface area contributed by atoms with E-state index in [2.05, 4.69) is 36.3 Å². The predicted molar refractivity (Wildman–Crippen MR) is 106 cm³/mol. The molecule has 0 spiro atoms. The van der Waals surface area contributed by atoms with Gasteiger partial charge in [0.15, 0.2) is 5.96 Å². The van der Waals surface area contributed by atoms with E-state index in [0.29, 0.717) is 0 Å². The van der Waals surface area contributed by atoms with E-state index in [9.17, 15) is 0 Å². The smallest absolute Gasteiger partial charge is 0.193 e. The Morgan fingerprint density at radius 1 is 1.27 bits per heavy atom. The van der Waals surface area contributed by atoms with Gasteiger partial charge in [0.1, 0.15) is 5.75 Å². The number of nitrogens with zero attached hydrogens (tertiary/aromatic N) is 2. The van der Waals surface area contributed by atoms with Gasteiger partial charge in [-0.1, -0.05) is 12.1 Å². The largest absolute Gasteiger partial charge is 0.497 e. The first-order chi connectivity index (χ1) is 12.7. The molecule has 0 radical (unpaired) electrons. The minimum Gasteiger partial charge on any atom is -0.497 e. The van der Waals surface area contributed by atoms with Crippen LogP contribution in [0.1, 0.15) is 38.2 Å². The summed E-state index contributed by atoms with van der Waals surface area (Å²) in [6, 6.07) is 8.47. The fourth-order valence-electron chi connectivity index (χ4n) is 3.17. The highest BCUT2D eigenvalue weighted by Gasteiger charge is 2.44. The summed E-state index contributed by atoms with van der Waals surface area (Å²) >= 11 is 0. The van der Waals surface area contributed by atoms with Crippen LogP contribution in [0.5, 0.6) is 5.75 Å². The van der Waals surface area contributed by atoms with Crippen LogP contribution in [0.15, 0.2) is 29.3 Å². The number of aliphatic imine (C=N–C) groups is 1. The molecule has 144 valence electrons. The van der Waals surface area contributed by atoms with Crippen molar-refractivity contribution in [3.05, 3.63) is 29.8 Å². The van der Waals surface area contributed by atoms with Crippen LogP contribution in [0.4, 0.5) is 0 Å². The van der Waals surface area contributed by atoms with Gasteiger partial charge in [-0.15, -0.1) is 0 Å². The van der Waals surface area contributed by atoms with Crippen molar-refractivity contribution in [1.82, 2.24) is 10.2 Å². The van der Waals surface area contributed by atoms with Gasteiger partial charge in [0.05, 0.1) is 20.3 Å². The lowest BCUT2D eigenvalue weighted by molar-refractivity contribution is 0.115. The van der Waals surface area contributed by atoms with Gasteiger partial charge in [-0.3, -0.25) is 4.99 Å². The van der Waals surface area contributed by atoms with E-state index in [1.165, 1.54) is 31.2 Å².